The van der Waals surface area contributed by atoms with Crippen LogP contribution in [0.3, 0.4) is 0 Å². The van der Waals surface area contributed by atoms with Crippen LogP contribution >= 0.6 is 22.6 Å². The van der Waals surface area contributed by atoms with Crippen molar-refractivity contribution in [2.45, 2.75) is 20.4 Å². The van der Waals surface area contributed by atoms with Gasteiger partial charge in [0.2, 0.25) is 0 Å². The maximum atomic E-state index is 12.2. The summed E-state index contributed by atoms with van der Waals surface area (Å²) in [5, 5.41) is 7.91. The van der Waals surface area contributed by atoms with Crippen molar-refractivity contribution in [3.8, 4) is 0 Å². The molecule has 0 bridgehead atoms. The number of nitrogens with one attached hydrogen (secondary N) is 1. The number of hydrogen-bond acceptors (Lipinski definition) is 3. The molecule has 0 unspecified atom stereocenters. The summed E-state index contributed by atoms with van der Waals surface area (Å²) in [6.07, 6.45) is 0. The van der Waals surface area contributed by atoms with E-state index in [9.17, 15) is 4.79 Å². The van der Waals surface area contributed by atoms with Gasteiger partial charge in [0.1, 0.15) is 11.3 Å². The van der Waals surface area contributed by atoms with Crippen LogP contribution in [0.25, 0.3) is 0 Å². The molecule has 2 aromatic rings. The van der Waals surface area contributed by atoms with Gasteiger partial charge in [-0.3, -0.25) is 10.2 Å². The molecule has 0 aliphatic heterocycles. The van der Waals surface area contributed by atoms with Crippen molar-refractivity contribution in [1.82, 2.24) is 9.55 Å². The summed E-state index contributed by atoms with van der Waals surface area (Å²) >= 11 is 2.20. The Bertz CT molecular complexity index is 674. The average Bonchev–Trinajstić information content (AvgIpc) is 2.34. The minimum atomic E-state index is -0.0105. The van der Waals surface area contributed by atoms with E-state index in [-0.39, 0.29) is 12.3 Å². The Kier molecular flexibility index (Phi) is 4.14. The lowest BCUT2D eigenvalue weighted by Crippen LogP contribution is -2.27. The van der Waals surface area contributed by atoms with E-state index in [1.807, 2.05) is 38.1 Å². The molecule has 0 spiro atoms. The molecular weight excluding hydrogens is 353 g/mol. The Labute approximate surface area is 125 Å². The van der Waals surface area contributed by atoms with E-state index in [0.717, 1.165) is 9.26 Å². The predicted octanol–water partition coefficient (Wildman–Crippen LogP) is 2.47. The van der Waals surface area contributed by atoms with Crippen LogP contribution in [0.2, 0.25) is 0 Å². The highest BCUT2D eigenvalue weighted by molar-refractivity contribution is 14.1. The van der Waals surface area contributed by atoms with Crippen LogP contribution in [0.15, 0.2) is 30.3 Å². The average molecular weight is 367 g/mol. The molecule has 0 saturated carbocycles. The Morgan fingerprint density at radius 3 is 2.53 bits per heavy atom. The topological polar surface area (TPSA) is 58.7 Å². The molecule has 1 aromatic heterocycles. The summed E-state index contributed by atoms with van der Waals surface area (Å²) in [7, 11) is 0. The van der Waals surface area contributed by atoms with Gasteiger partial charge in [-0.05, 0) is 48.6 Å². The first-order valence-corrected chi connectivity index (χ1v) is 6.93. The molecular formula is C14H14IN3O. The largest absolute Gasteiger partial charge is 0.307 e. The van der Waals surface area contributed by atoms with Gasteiger partial charge in [0.05, 0.1) is 6.54 Å². The quantitative estimate of drug-likeness (QED) is 0.669. The molecule has 2 rings (SSSR count). The van der Waals surface area contributed by atoms with Gasteiger partial charge in [0, 0.05) is 20.9 Å². The van der Waals surface area contributed by atoms with Crippen molar-refractivity contribution in [1.29, 1.82) is 5.41 Å². The van der Waals surface area contributed by atoms with E-state index in [1.54, 1.807) is 10.6 Å². The third-order valence-electron chi connectivity index (χ3n) is 2.83. The zero-order valence-corrected chi connectivity index (χ0v) is 12.9. The molecule has 0 amide bonds. The molecule has 19 heavy (non-hydrogen) atoms. The second kappa shape index (κ2) is 5.64. The molecule has 1 heterocycles. The molecule has 0 atom stereocenters. The van der Waals surface area contributed by atoms with E-state index in [2.05, 4.69) is 27.6 Å². The van der Waals surface area contributed by atoms with E-state index in [1.165, 1.54) is 0 Å². The van der Waals surface area contributed by atoms with Crippen LogP contribution in [0.4, 0.5) is 0 Å². The minimum Gasteiger partial charge on any atom is -0.307 e. The Hall–Kier alpha value is -1.50. The SMILES string of the molecule is Cc1cc(=N)n(CC(=O)c2ccc(I)cc2)c(C)n1. The fraction of sp³-hybridized carbons (Fsp3) is 0.214. The number of aromatic nitrogens is 2. The first kappa shape index (κ1) is 13.9. The van der Waals surface area contributed by atoms with Crippen LogP contribution < -0.4 is 5.49 Å². The van der Waals surface area contributed by atoms with Gasteiger partial charge >= 0.3 is 0 Å². The fourth-order valence-corrected chi connectivity index (χ4v) is 2.23. The van der Waals surface area contributed by atoms with Crippen molar-refractivity contribution >= 4 is 28.4 Å². The van der Waals surface area contributed by atoms with Crippen molar-refractivity contribution in [2.75, 3.05) is 0 Å². The van der Waals surface area contributed by atoms with Gasteiger partial charge in [0.25, 0.3) is 0 Å². The minimum absolute atomic E-state index is 0.0105. The highest BCUT2D eigenvalue weighted by Crippen LogP contribution is 2.08. The van der Waals surface area contributed by atoms with Gasteiger partial charge < -0.3 is 4.57 Å². The molecule has 0 fully saturated rings. The summed E-state index contributed by atoms with van der Waals surface area (Å²) in [5.41, 5.74) is 1.76. The summed E-state index contributed by atoms with van der Waals surface area (Å²) < 4.78 is 2.71. The molecule has 1 aromatic carbocycles. The van der Waals surface area contributed by atoms with E-state index in [0.29, 0.717) is 16.9 Å². The standard InChI is InChI=1S/C14H14IN3O/c1-9-7-14(16)18(10(2)17-9)8-13(19)11-3-5-12(15)6-4-11/h3-7,16H,8H2,1-2H3. The van der Waals surface area contributed by atoms with E-state index in [4.69, 9.17) is 5.41 Å². The lowest BCUT2D eigenvalue weighted by molar-refractivity contribution is 0.0969. The van der Waals surface area contributed by atoms with E-state index >= 15 is 0 Å². The van der Waals surface area contributed by atoms with Gasteiger partial charge in [-0.1, -0.05) is 12.1 Å². The molecule has 4 nitrogen and oxygen atoms in total. The second-order valence-electron chi connectivity index (χ2n) is 4.35. The zero-order chi connectivity index (χ0) is 14.0. The lowest BCUT2D eigenvalue weighted by Gasteiger charge is -2.10. The lowest BCUT2D eigenvalue weighted by atomic mass is 10.1. The molecule has 0 aliphatic carbocycles. The van der Waals surface area contributed by atoms with Gasteiger partial charge in [0.15, 0.2) is 5.78 Å². The third kappa shape index (κ3) is 3.28. The number of hydrogen-bond donors (Lipinski definition) is 1. The van der Waals surface area contributed by atoms with Crippen LogP contribution in [0.5, 0.6) is 0 Å². The number of Topliss-reactive ketones (excluding diaryl/α,β-unsaturated/α-hetero) is 1. The van der Waals surface area contributed by atoms with Crippen LogP contribution in [0.1, 0.15) is 21.9 Å². The first-order valence-electron chi connectivity index (χ1n) is 5.86. The summed E-state index contributed by atoms with van der Waals surface area (Å²) in [4.78, 5) is 16.5. The van der Waals surface area contributed by atoms with Crippen molar-refractivity contribution in [3.63, 3.8) is 0 Å². The van der Waals surface area contributed by atoms with Crippen molar-refractivity contribution in [2.24, 2.45) is 0 Å². The molecule has 98 valence electrons. The molecule has 5 heteroatoms. The maximum absolute atomic E-state index is 12.2. The summed E-state index contributed by atoms with van der Waals surface area (Å²) in [5.74, 6) is 0.674. The Morgan fingerprint density at radius 2 is 1.95 bits per heavy atom. The Balaban J connectivity index is 2.29. The summed E-state index contributed by atoms with van der Waals surface area (Å²) in [6.45, 7) is 3.81. The number of halogens is 1. The molecule has 0 aliphatic rings. The number of nitrogens with zero attached hydrogens (tertiary/aromatic N) is 2. The second-order valence-corrected chi connectivity index (χ2v) is 5.59. The maximum Gasteiger partial charge on any atom is 0.182 e. The number of ketones is 1. The smallest absolute Gasteiger partial charge is 0.182 e. The number of benzene rings is 1. The highest BCUT2D eigenvalue weighted by Gasteiger charge is 2.09. The van der Waals surface area contributed by atoms with Crippen molar-refractivity contribution in [3.05, 3.63) is 56.5 Å². The normalized spacial score (nSPS) is 10.5. The monoisotopic (exact) mass is 367 g/mol. The molecule has 1 N–H and O–H groups in total. The number of carbonyl (C=O) groups excluding carboxylic acids is 1. The zero-order valence-electron chi connectivity index (χ0n) is 10.8. The highest BCUT2D eigenvalue weighted by atomic mass is 127. The van der Waals surface area contributed by atoms with E-state index < -0.39 is 0 Å². The molecule has 0 radical (unpaired) electrons. The number of aryl methyl sites for hydroxylation is 2. The van der Waals surface area contributed by atoms with Crippen molar-refractivity contribution < 1.29 is 4.79 Å². The van der Waals surface area contributed by atoms with Crippen LogP contribution in [-0.4, -0.2) is 15.3 Å². The predicted molar refractivity (Wildman–Crippen MR) is 81.0 cm³/mol. The van der Waals surface area contributed by atoms with Gasteiger partial charge in [-0.15, -0.1) is 0 Å². The Morgan fingerprint density at radius 1 is 1.32 bits per heavy atom. The first-order chi connectivity index (χ1) is 8.97. The summed E-state index contributed by atoms with van der Waals surface area (Å²) in [6, 6.07) is 9.09. The van der Waals surface area contributed by atoms with Crippen LogP contribution in [-0.2, 0) is 6.54 Å². The van der Waals surface area contributed by atoms with Gasteiger partial charge in [-0.2, -0.15) is 0 Å². The number of carbonyl (C=O) groups is 1. The van der Waals surface area contributed by atoms with Gasteiger partial charge in [-0.25, -0.2) is 4.98 Å². The van der Waals surface area contributed by atoms with Crippen LogP contribution in [0, 0.1) is 22.8 Å². The number of rotatable bonds is 3. The third-order valence-corrected chi connectivity index (χ3v) is 3.55. The fourth-order valence-electron chi connectivity index (χ4n) is 1.87. The molecule has 0 saturated heterocycles.